The highest BCUT2D eigenvalue weighted by atomic mass is 35.5. The molecule has 0 aromatic heterocycles. The number of benzene rings is 2. The van der Waals surface area contributed by atoms with E-state index in [2.05, 4.69) is 5.32 Å². The predicted octanol–water partition coefficient (Wildman–Crippen LogP) is 4.64. The molecule has 0 spiro atoms. The molecule has 0 heterocycles. The van der Waals surface area contributed by atoms with Gasteiger partial charge in [0.25, 0.3) is 0 Å². The van der Waals surface area contributed by atoms with E-state index in [1.807, 2.05) is 19.1 Å². The Morgan fingerprint density at radius 2 is 1.83 bits per heavy atom. The van der Waals surface area contributed by atoms with E-state index in [1.54, 1.807) is 43.3 Å². The van der Waals surface area contributed by atoms with Gasteiger partial charge >= 0.3 is 5.97 Å². The molecular formula is C18H18ClNO3S. The van der Waals surface area contributed by atoms with Crippen LogP contribution in [0, 0.1) is 0 Å². The van der Waals surface area contributed by atoms with Crippen molar-refractivity contribution < 1.29 is 14.3 Å². The molecule has 4 nitrogen and oxygen atoms in total. The van der Waals surface area contributed by atoms with Gasteiger partial charge in [-0.2, -0.15) is 0 Å². The largest absolute Gasteiger partial charge is 0.462 e. The van der Waals surface area contributed by atoms with E-state index >= 15 is 0 Å². The smallest absolute Gasteiger partial charge is 0.340 e. The summed E-state index contributed by atoms with van der Waals surface area (Å²) in [5.74, 6) is -0.641. The molecule has 2 aromatic carbocycles. The maximum atomic E-state index is 12.4. The quantitative estimate of drug-likeness (QED) is 0.600. The number of thioether (sulfide) groups is 1. The number of anilines is 1. The number of amides is 1. The Morgan fingerprint density at radius 3 is 2.50 bits per heavy atom. The van der Waals surface area contributed by atoms with Crippen LogP contribution < -0.4 is 5.32 Å². The molecule has 1 unspecified atom stereocenters. The van der Waals surface area contributed by atoms with Crippen LogP contribution in [0.2, 0.25) is 5.02 Å². The van der Waals surface area contributed by atoms with Gasteiger partial charge in [0.15, 0.2) is 0 Å². The predicted molar refractivity (Wildman–Crippen MR) is 97.8 cm³/mol. The standard InChI is InChI=1S/C18H18ClNO3S/c1-3-23-18(22)15-6-4-5-7-16(15)20-17(21)12(2)24-14-10-8-13(19)9-11-14/h4-12H,3H2,1-2H3,(H,20,21). The number of nitrogens with one attached hydrogen (secondary N) is 1. The van der Waals surface area contributed by atoms with Gasteiger partial charge in [-0.25, -0.2) is 4.79 Å². The van der Waals surface area contributed by atoms with Gasteiger partial charge in [-0.3, -0.25) is 4.79 Å². The van der Waals surface area contributed by atoms with Crippen LogP contribution in [0.3, 0.4) is 0 Å². The summed E-state index contributed by atoms with van der Waals surface area (Å²) in [5, 5.41) is 3.12. The van der Waals surface area contributed by atoms with Gasteiger partial charge in [0.1, 0.15) is 0 Å². The number of hydrogen-bond donors (Lipinski definition) is 1. The van der Waals surface area contributed by atoms with Gasteiger partial charge in [0, 0.05) is 9.92 Å². The number of para-hydroxylation sites is 1. The lowest BCUT2D eigenvalue weighted by Crippen LogP contribution is -2.23. The molecule has 0 saturated carbocycles. The Hall–Kier alpha value is -1.98. The zero-order valence-electron chi connectivity index (χ0n) is 13.4. The minimum absolute atomic E-state index is 0.188. The number of carbonyl (C=O) groups excluding carboxylic acids is 2. The normalized spacial score (nSPS) is 11.6. The summed E-state index contributed by atoms with van der Waals surface area (Å²) in [4.78, 5) is 25.3. The average Bonchev–Trinajstić information content (AvgIpc) is 2.57. The first-order valence-electron chi connectivity index (χ1n) is 7.50. The summed E-state index contributed by atoms with van der Waals surface area (Å²) in [6.07, 6.45) is 0. The molecule has 2 rings (SSSR count). The van der Waals surface area contributed by atoms with Crippen LogP contribution in [0.25, 0.3) is 0 Å². The number of ether oxygens (including phenoxy) is 1. The molecule has 126 valence electrons. The molecule has 6 heteroatoms. The van der Waals surface area contributed by atoms with Gasteiger partial charge in [0.05, 0.1) is 23.1 Å². The highest BCUT2D eigenvalue weighted by Gasteiger charge is 2.18. The van der Waals surface area contributed by atoms with Crippen molar-refractivity contribution in [1.82, 2.24) is 0 Å². The van der Waals surface area contributed by atoms with Crippen molar-refractivity contribution in [2.24, 2.45) is 0 Å². The molecule has 24 heavy (non-hydrogen) atoms. The lowest BCUT2D eigenvalue weighted by atomic mass is 10.1. The van der Waals surface area contributed by atoms with Crippen LogP contribution in [0.4, 0.5) is 5.69 Å². The Morgan fingerprint density at radius 1 is 1.17 bits per heavy atom. The lowest BCUT2D eigenvalue weighted by molar-refractivity contribution is -0.115. The number of hydrogen-bond acceptors (Lipinski definition) is 4. The first-order valence-corrected chi connectivity index (χ1v) is 8.76. The van der Waals surface area contributed by atoms with Gasteiger partial charge in [0.2, 0.25) is 5.91 Å². The average molecular weight is 364 g/mol. The molecule has 0 radical (unpaired) electrons. The summed E-state index contributed by atoms with van der Waals surface area (Å²) in [7, 11) is 0. The molecule has 1 atom stereocenters. The molecule has 0 saturated heterocycles. The van der Waals surface area contributed by atoms with Crippen LogP contribution in [0.1, 0.15) is 24.2 Å². The first kappa shape index (κ1) is 18.4. The number of carbonyl (C=O) groups is 2. The summed E-state index contributed by atoms with van der Waals surface area (Å²) in [6, 6.07) is 14.1. The third-order valence-electron chi connectivity index (χ3n) is 3.18. The number of esters is 1. The van der Waals surface area contributed by atoms with Crippen molar-refractivity contribution in [3.63, 3.8) is 0 Å². The van der Waals surface area contributed by atoms with E-state index in [-0.39, 0.29) is 17.8 Å². The van der Waals surface area contributed by atoms with E-state index in [9.17, 15) is 9.59 Å². The second-order valence-corrected chi connectivity index (χ2v) is 6.82. The Kier molecular flexibility index (Phi) is 6.70. The molecular weight excluding hydrogens is 346 g/mol. The van der Waals surface area contributed by atoms with Gasteiger partial charge in [-0.05, 0) is 50.2 Å². The zero-order chi connectivity index (χ0) is 17.5. The number of rotatable bonds is 6. The van der Waals surface area contributed by atoms with Crippen LogP contribution in [0.5, 0.6) is 0 Å². The molecule has 0 aliphatic rings. The minimum Gasteiger partial charge on any atom is -0.462 e. The molecule has 0 aliphatic carbocycles. The van der Waals surface area contributed by atoms with Gasteiger partial charge < -0.3 is 10.1 Å². The maximum Gasteiger partial charge on any atom is 0.340 e. The van der Waals surface area contributed by atoms with E-state index in [0.717, 1.165) is 4.90 Å². The minimum atomic E-state index is -0.452. The fourth-order valence-corrected chi connectivity index (χ4v) is 2.98. The summed E-state index contributed by atoms with van der Waals surface area (Å²) in [6.45, 7) is 3.83. The molecule has 0 fully saturated rings. The van der Waals surface area contributed by atoms with Crippen LogP contribution in [-0.4, -0.2) is 23.7 Å². The van der Waals surface area contributed by atoms with Crippen LogP contribution >= 0.6 is 23.4 Å². The van der Waals surface area contributed by atoms with Crippen molar-refractivity contribution in [2.45, 2.75) is 24.0 Å². The monoisotopic (exact) mass is 363 g/mol. The van der Waals surface area contributed by atoms with Crippen molar-refractivity contribution >= 4 is 40.9 Å². The van der Waals surface area contributed by atoms with Crippen molar-refractivity contribution in [3.05, 3.63) is 59.1 Å². The lowest BCUT2D eigenvalue weighted by Gasteiger charge is -2.14. The fraction of sp³-hybridized carbons (Fsp3) is 0.222. The summed E-state index contributed by atoms with van der Waals surface area (Å²) < 4.78 is 5.01. The summed E-state index contributed by atoms with van der Waals surface area (Å²) >= 11 is 7.28. The third kappa shape index (κ3) is 5.01. The SMILES string of the molecule is CCOC(=O)c1ccccc1NC(=O)C(C)Sc1ccc(Cl)cc1. The summed E-state index contributed by atoms with van der Waals surface area (Å²) in [5.41, 5.74) is 0.792. The highest BCUT2D eigenvalue weighted by Crippen LogP contribution is 2.26. The van der Waals surface area contributed by atoms with Crippen molar-refractivity contribution in [2.75, 3.05) is 11.9 Å². The topological polar surface area (TPSA) is 55.4 Å². The molecule has 1 N–H and O–H groups in total. The van der Waals surface area contributed by atoms with Crippen LogP contribution in [-0.2, 0) is 9.53 Å². The molecule has 1 amide bonds. The zero-order valence-corrected chi connectivity index (χ0v) is 15.0. The molecule has 2 aromatic rings. The van der Waals surface area contributed by atoms with Gasteiger partial charge in [-0.1, -0.05) is 23.7 Å². The van der Waals surface area contributed by atoms with Crippen molar-refractivity contribution in [1.29, 1.82) is 0 Å². The maximum absolute atomic E-state index is 12.4. The Balaban J connectivity index is 2.06. The van der Waals surface area contributed by atoms with E-state index in [1.165, 1.54) is 11.8 Å². The fourth-order valence-electron chi connectivity index (χ4n) is 1.98. The van der Waals surface area contributed by atoms with E-state index in [0.29, 0.717) is 16.3 Å². The second-order valence-electron chi connectivity index (χ2n) is 4.97. The Labute approximate surface area is 150 Å². The second kappa shape index (κ2) is 8.76. The highest BCUT2D eigenvalue weighted by molar-refractivity contribution is 8.00. The van der Waals surface area contributed by atoms with Crippen molar-refractivity contribution in [3.8, 4) is 0 Å². The Bertz CT molecular complexity index is 718. The number of halogens is 1. The first-order chi connectivity index (χ1) is 11.5. The van der Waals surface area contributed by atoms with Crippen LogP contribution in [0.15, 0.2) is 53.4 Å². The van der Waals surface area contributed by atoms with E-state index in [4.69, 9.17) is 16.3 Å². The van der Waals surface area contributed by atoms with E-state index < -0.39 is 5.97 Å². The molecule has 0 aliphatic heterocycles. The molecule has 0 bridgehead atoms. The van der Waals surface area contributed by atoms with Gasteiger partial charge in [-0.15, -0.1) is 11.8 Å². The third-order valence-corrected chi connectivity index (χ3v) is 4.54.